The van der Waals surface area contributed by atoms with Crippen LogP contribution in [0.15, 0.2) is 46.9 Å². The van der Waals surface area contributed by atoms with E-state index in [9.17, 15) is 14.4 Å². The molecule has 9 heteroatoms. The first kappa shape index (κ1) is 23.0. The van der Waals surface area contributed by atoms with Gasteiger partial charge in [0, 0.05) is 28.7 Å². The molecule has 1 aliphatic heterocycles. The number of hydrogen-bond donors (Lipinski definition) is 3. The van der Waals surface area contributed by atoms with Gasteiger partial charge in [0.2, 0.25) is 0 Å². The fourth-order valence-electron chi connectivity index (χ4n) is 3.96. The minimum absolute atomic E-state index is 0.0781. The molecule has 0 radical (unpaired) electrons. The topological polar surface area (TPSA) is 101 Å². The van der Waals surface area contributed by atoms with Crippen molar-refractivity contribution >= 4 is 50.2 Å². The number of aryl methyl sites for hydroxylation is 2. The predicted molar refractivity (Wildman–Crippen MR) is 130 cm³/mol. The van der Waals surface area contributed by atoms with Crippen molar-refractivity contribution in [1.29, 1.82) is 0 Å². The highest BCUT2D eigenvalue weighted by Crippen LogP contribution is 2.24. The van der Waals surface area contributed by atoms with Crippen LogP contribution >= 0.6 is 15.9 Å². The highest BCUT2D eigenvalue weighted by atomic mass is 79.9. The molecule has 1 fully saturated rings. The SMILES string of the molecule is Cc1cc(C)cc(NC(=O)c2cc3cc(Br)ccc3n2NC(=O)C(=O)NC[C@@H]2CCCO2)c1. The Morgan fingerprint density at radius 1 is 1.06 bits per heavy atom. The van der Waals surface area contributed by atoms with Crippen molar-refractivity contribution in [1.82, 2.24) is 9.99 Å². The van der Waals surface area contributed by atoms with Crippen molar-refractivity contribution in [3.8, 4) is 0 Å². The van der Waals surface area contributed by atoms with E-state index in [2.05, 4.69) is 32.0 Å². The lowest BCUT2D eigenvalue weighted by molar-refractivity contribution is -0.136. The molecule has 3 amide bonds. The third-order valence-electron chi connectivity index (χ3n) is 5.41. The molecule has 2 heterocycles. The van der Waals surface area contributed by atoms with E-state index in [1.807, 2.05) is 38.1 Å². The van der Waals surface area contributed by atoms with Gasteiger partial charge in [-0.25, -0.2) is 4.68 Å². The molecule has 4 rings (SSSR count). The highest BCUT2D eigenvalue weighted by Gasteiger charge is 2.23. The van der Waals surface area contributed by atoms with E-state index in [1.54, 1.807) is 18.2 Å². The smallest absolute Gasteiger partial charge is 0.328 e. The predicted octanol–water partition coefficient (Wildman–Crippen LogP) is 3.64. The van der Waals surface area contributed by atoms with Crippen LogP contribution in [0.2, 0.25) is 0 Å². The maximum atomic E-state index is 13.2. The zero-order chi connectivity index (χ0) is 23.5. The minimum atomic E-state index is -0.867. The van der Waals surface area contributed by atoms with Crippen LogP contribution in [0.3, 0.4) is 0 Å². The fraction of sp³-hybridized carbons (Fsp3) is 0.292. The second-order valence-corrected chi connectivity index (χ2v) is 9.10. The van der Waals surface area contributed by atoms with Crippen LogP contribution in [0, 0.1) is 13.8 Å². The second kappa shape index (κ2) is 9.76. The maximum absolute atomic E-state index is 13.2. The van der Waals surface area contributed by atoms with Gasteiger partial charge in [0.15, 0.2) is 0 Å². The first-order chi connectivity index (χ1) is 15.8. The lowest BCUT2D eigenvalue weighted by Gasteiger charge is -2.14. The minimum Gasteiger partial charge on any atom is -0.376 e. The van der Waals surface area contributed by atoms with E-state index in [4.69, 9.17) is 4.74 Å². The maximum Gasteiger partial charge on any atom is 0.328 e. The number of carbonyl (C=O) groups excluding carboxylic acids is 3. The molecule has 33 heavy (non-hydrogen) atoms. The number of nitrogens with zero attached hydrogens (tertiary/aromatic N) is 1. The zero-order valence-corrected chi connectivity index (χ0v) is 20.0. The summed E-state index contributed by atoms with van der Waals surface area (Å²) in [6.45, 7) is 4.83. The van der Waals surface area contributed by atoms with Crippen LogP contribution in [-0.4, -0.2) is 41.7 Å². The number of anilines is 1. The van der Waals surface area contributed by atoms with Gasteiger partial charge >= 0.3 is 11.8 Å². The van der Waals surface area contributed by atoms with E-state index >= 15 is 0 Å². The summed E-state index contributed by atoms with van der Waals surface area (Å²) in [4.78, 5) is 38.1. The largest absolute Gasteiger partial charge is 0.376 e. The van der Waals surface area contributed by atoms with E-state index in [-0.39, 0.29) is 18.3 Å². The van der Waals surface area contributed by atoms with Gasteiger partial charge in [-0.15, -0.1) is 0 Å². The van der Waals surface area contributed by atoms with Crippen LogP contribution in [0.4, 0.5) is 5.69 Å². The van der Waals surface area contributed by atoms with Gasteiger partial charge in [-0.2, -0.15) is 0 Å². The van der Waals surface area contributed by atoms with E-state index < -0.39 is 17.7 Å². The summed E-state index contributed by atoms with van der Waals surface area (Å²) in [6.07, 6.45) is 1.71. The number of carbonyl (C=O) groups is 3. The Bertz CT molecular complexity index is 1210. The molecule has 1 aromatic heterocycles. The Labute approximate surface area is 199 Å². The highest BCUT2D eigenvalue weighted by molar-refractivity contribution is 9.10. The number of fused-ring (bicyclic) bond motifs is 1. The van der Waals surface area contributed by atoms with Gasteiger partial charge in [0.25, 0.3) is 5.91 Å². The Kier molecular flexibility index (Phi) is 6.80. The molecule has 2 aromatic carbocycles. The van der Waals surface area contributed by atoms with Crippen molar-refractivity contribution in [3.05, 3.63) is 63.8 Å². The molecule has 3 aromatic rings. The average molecular weight is 513 g/mol. The van der Waals surface area contributed by atoms with Crippen LogP contribution < -0.4 is 16.1 Å². The van der Waals surface area contributed by atoms with Crippen molar-refractivity contribution in [3.63, 3.8) is 0 Å². The summed E-state index contributed by atoms with van der Waals surface area (Å²) < 4.78 is 7.64. The van der Waals surface area contributed by atoms with Crippen LogP contribution in [-0.2, 0) is 14.3 Å². The summed E-state index contributed by atoms with van der Waals surface area (Å²) in [5, 5.41) is 6.21. The third-order valence-corrected chi connectivity index (χ3v) is 5.90. The summed E-state index contributed by atoms with van der Waals surface area (Å²) in [5.74, 6) is -2.06. The molecule has 0 unspecified atom stereocenters. The third kappa shape index (κ3) is 5.43. The number of aromatic nitrogens is 1. The zero-order valence-electron chi connectivity index (χ0n) is 18.4. The summed E-state index contributed by atoms with van der Waals surface area (Å²) in [6, 6.07) is 12.8. The Morgan fingerprint density at radius 2 is 1.82 bits per heavy atom. The molecule has 0 bridgehead atoms. The fourth-order valence-corrected chi connectivity index (χ4v) is 4.34. The molecule has 0 saturated carbocycles. The monoisotopic (exact) mass is 512 g/mol. The van der Waals surface area contributed by atoms with E-state index in [1.165, 1.54) is 4.68 Å². The molecule has 3 N–H and O–H groups in total. The number of hydrogen-bond acceptors (Lipinski definition) is 4. The first-order valence-electron chi connectivity index (χ1n) is 10.7. The van der Waals surface area contributed by atoms with E-state index in [0.29, 0.717) is 17.8 Å². The Morgan fingerprint density at radius 3 is 2.52 bits per heavy atom. The van der Waals surface area contributed by atoms with Gasteiger partial charge < -0.3 is 15.4 Å². The summed E-state index contributed by atoms with van der Waals surface area (Å²) in [7, 11) is 0. The molecule has 1 atom stereocenters. The van der Waals surface area contributed by atoms with Crippen molar-refractivity contribution in [2.75, 3.05) is 23.9 Å². The number of ether oxygens (including phenoxy) is 1. The van der Waals surface area contributed by atoms with Gasteiger partial charge in [0.05, 0.1) is 11.6 Å². The van der Waals surface area contributed by atoms with Crippen molar-refractivity contribution in [2.45, 2.75) is 32.8 Å². The molecule has 0 spiro atoms. The van der Waals surface area contributed by atoms with Crippen LogP contribution in [0.5, 0.6) is 0 Å². The molecular formula is C24H25BrN4O4. The first-order valence-corrected chi connectivity index (χ1v) is 11.5. The number of benzene rings is 2. The standard InChI is InChI=1S/C24H25BrN4O4/c1-14-8-15(2)10-18(9-14)27-22(30)21-12-16-11-17(25)5-6-20(16)29(21)28-24(32)23(31)26-13-19-4-3-7-33-19/h5-6,8-12,19H,3-4,7,13H2,1-2H3,(H,26,31)(H,27,30)(H,28,32)/t19-/m0/s1. The molecular weight excluding hydrogens is 488 g/mol. The lowest BCUT2D eigenvalue weighted by Crippen LogP contribution is -2.42. The molecule has 8 nitrogen and oxygen atoms in total. The van der Waals surface area contributed by atoms with Crippen molar-refractivity contribution in [2.24, 2.45) is 0 Å². The van der Waals surface area contributed by atoms with Crippen LogP contribution in [0.25, 0.3) is 10.9 Å². The summed E-state index contributed by atoms with van der Waals surface area (Å²) in [5.41, 5.74) is 6.04. The Hall–Kier alpha value is -3.17. The quantitative estimate of drug-likeness (QED) is 0.454. The number of nitrogens with one attached hydrogen (secondary N) is 3. The molecule has 1 saturated heterocycles. The molecule has 1 aliphatic rings. The molecule has 0 aliphatic carbocycles. The normalized spacial score (nSPS) is 15.4. The summed E-state index contributed by atoms with van der Waals surface area (Å²) >= 11 is 3.43. The van der Waals surface area contributed by atoms with Gasteiger partial charge in [0.1, 0.15) is 5.69 Å². The average Bonchev–Trinajstić information content (AvgIpc) is 3.39. The van der Waals surface area contributed by atoms with Gasteiger partial charge in [-0.1, -0.05) is 22.0 Å². The number of amides is 3. The van der Waals surface area contributed by atoms with Gasteiger partial charge in [-0.05, 0) is 74.2 Å². The van der Waals surface area contributed by atoms with E-state index in [0.717, 1.165) is 33.8 Å². The Balaban J connectivity index is 1.58. The molecule has 172 valence electrons. The lowest BCUT2D eigenvalue weighted by atomic mass is 10.1. The van der Waals surface area contributed by atoms with Gasteiger partial charge in [-0.3, -0.25) is 19.8 Å². The second-order valence-electron chi connectivity index (χ2n) is 8.18. The van der Waals surface area contributed by atoms with Crippen LogP contribution in [0.1, 0.15) is 34.5 Å². The van der Waals surface area contributed by atoms with Crippen molar-refractivity contribution < 1.29 is 19.1 Å². The number of halogens is 1. The number of rotatable bonds is 5.